The third-order valence-electron chi connectivity index (χ3n) is 5.86. The van der Waals surface area contributed by atoms with Crippen molar-refractivity contribution < 1.29 is 9.59 Å². The van der Waals surface area contributed by atoms with Gasteiger partial charge in [-0.05, 0) is 53.5 Å². The van der Waals surface area contributed by atoms with Gasteiger partial charge in [-0.3, -0.25) is 14.7 Å². The van der Waals surface area contributed by atoms with E-state index < -0.39 is 0 Å². The number of hydrogen-bond acceptors (Lipinski definition) is 4. The topological polar surface area (TPSA) is 91.0 Å². The molecule has 2 unspecified atom stereocenters. The van der Waals surface area contributed by atoms with E-state index in [1.54, 1.807) is 12.3 Å². The average Bonchev–Trinajstić information content (AvgIpc) is 3.41. The van der Waals surface area contributed by atoms with E-state index in [4.69, 9.17) is 0 Å². The molecule has 150 valence electrons. The SMILES string of the molecule is C.O=C1CCc2cc(/C=C/C(=O)N3CC4C=C(c5cn[nH]c5)CC4C3)cnc2N1. The lowest BCUT2D eigenvalue weighted by atomic mass is 9.99. The third kappa shape index (κ3) is 3.72. The van der Waals surface area contributed by atoms with E-state index in [-0.39, 0.29) is 19.2 Å². The van der Waals surface area contributed by atoms with Gasteiger partial charge in [0.2, 0.25) is 11.8 Å². The fourth-order valence-electron chi connectivity index (χ4n) is 4.37. The second kappa shape index (κ2) is 7.66. The summed E-state index contributed by atoms with van der Waals surface area (Å²) in [4.78, 5) is 30.3. The van der Waals surface area contributed by atoms with E-state index in [1.807, 2.05) is 29.4 Å². The molecule has 0 aromatic carbocycles. The minimum atomic E-state index is 0. The van der Waals surface area contributed by atoms with Crippen LogP contribution in [0, 0.1) is 11.8 Å². The second-order valence-electron chi connectivity index (χ2n) is 7.71. The number of hydrogen-bond donors (Lipinski definition) is 2. The molecule has 1 aliphatic carbocycles. The fourth-order valence-corrected chi connectivity index (χ4v) is 4.37. The number of carbonyl (C=O) groups excluding carboxylic acids is 2. The second-order valence-corrected chi connectivity index (χ2v) is 7.71. The number of carbonyl (C=O) groups is 2. The summed E-state index contributed by atoms with van der Waals surface area (Å²) in [5.74, 6) is 1.60. The minimum Gasteiger partial charge on any atom is -0.338 e. The lowest BCUT2D eigenvalue weighted by Crippen LogP contribution is -2.27. The highest BCUT2D eigenvalue weighted by Gasteiger charge is 2.37. The predicted molar refractivity (Wildman–Crippen MR) is 112 cm³/mol. The average molecular weight is 391 g/mol. The molecule has 0 radical (unpaired) electrons. The molecule has 1 saturated heterocycles. The van der Waals surface area contributed by atoms with Gasteiger partial charge in [-0.15, -0.1) is 0 Å². The Bertz CT molecular complexity index is 993. The van der Waals surface area contributed by atoms with Crippen molar-refractivity contribution in [2.75, 3.05) is 18.4 Å². The van der Waals surface area contributed by atoms with Gasteiger partial charge >= 0.3 is 0 Å². The van der Waals surface area contributed by atoms with Crippen LogP contribution in [0.4, 0.5) is 5.82 Å². The van der Waals surface area contributed by atoms with Crippen molar-refractivity contribution in [3.8, 4) is 0 Å². The Morgan fingerprint density at radius 3 is 2.93 bits per heavy atom. The molecule has 4 heterocycles. The summed E-state index contributed by atoms with van der Waals surface area (Å²) in [5, 5.41) is 9.66. The zero-order valence-electron chi connectivity index (χ0n) is 15.4. The van der Waals surface area contributed by atoms with Gasteiger partial charge in [0.05, 0.1) is 6.20 Å². The molecule has 2 atom stereocenters. The molecule has 3 aliphatic rings. The highest BCUT2D eigenvalue weighted by Crippen LogP contribution is 2.40. The first-order valence-electron chi connectivity index (χ1n) is 9.61. The van der Waals surface area contributed by atoms with E-state index in [0.717, 1.165) is 36.2 Å². The standard InChI is InChI=1S/C21H21N5O2.CH4/c27-19-3-2-14-5-13(8-22-21(14)25-19)1-4-20(28)26-11-16-6-15(7-17(16)12-26)18-9-23-24-10-18;/h1,4-6,8-10,16-17H,2-3,7,11-12H2,(H,23,24)(H,22,25,27);1H4/b4-1+;. The number of aromatic amines is 1. The van der Waals surface area contributed by atoms with Gasteiger partial charge in [-0.1, -0.05) is 13.5 Å². The number of amides is 2. The molecule has 1 fully saturated rings. The highest BCUT2D eigenvalue weighted by atomic mass is 16.2. The van der Waals surface area contributed by atoms with Crippen LogP contribution in [-0.4, -0.2) is 45.0 Å². The maximum absolute atomic E-state index is 12.6. The number of nitrogens with zero attached hydrogens (tertiary/aromatic N) is 3. The monoisotopic (exact) mass is 391 g/mol. The fraction of sp³-hybridized carbons (Fsp3) is 0.364. The molecule has 2 aromatic rings. The van der Waals surface area contributed by atoms with Gasteiger partial charge in [0.15, 0.2) is 0 Å². The molecule has 5 rings (SSSR count). The molecule has 7 heteroatoms. The molecule has 0 saturated carbocycles. The molecule has 2 aromatic heterocycles. The van der Waals surface area contributed by atoms with Crippen LogP contribution in [0.25, 0.3) is 11.6 Å². The molecule has 29 heavy (non-hydrogen) atoms. The van der Waals surface area contributed by atoms with Gasteiger partial charge < -0.3 is 10.2 Å². The Hall–Kier alpha value is -3.22. The van der Waals surface area contributed by atoms with Crippen LogP contribution >= 0.6 is 0 Å². The minimum absolute atomic E-state index is 0. The van der Waals surface area contributed by atoms with Gasteiger partial charge in [0.25, 0.3) is 0 Å². The Morgan fingerprint density at radius 1 is 1.24 bits per heavy atom. The first kappa shape index (κ1) is 19.1. The lowest BCUT2D eigenvalue weighted by Gasteiger charge is -2.16. The van der Waals surface area contributed by atoms with Gasteiger partial charge in [0, 0.05) is 43.5 Å². The summed E-state index contributed by atoms with van der Waals surface area (Å²) in [7, 11) is 0. The maximum atomic E-state index is 12.6. The Morgan fingerprint density at radius 2 is 2.14 bits per heavy atom. The first-order valence-corrected chi connectivity index (χ1v) is 9.61. The van der Waals surface area contributed by atoms with Gasteiger partial charge in [-0.2, -0.15) is 5.10 Å². The number of rotatable bonds is 3. The molecular formula is C22H25N5O2. The molecule has 7 nitrogen and oxygen atoms in total. The van der Waals surface area contributed by atoms with Crippen LogP contribution in [0.3, 0.4) is 0 Å². The third-order valence-corrected chi connectivity index (χ3v) is 5.86. The zero-order valence-corrected chi connectivity index (χ0v) is 15.4. The van der Waals surface area contributed by atoms with Crippen LogP contribution < -0.4 is 5.32 Å². The van der Waals surface area contributed by atoms with Crippen molar-refractivity contribution in [3.05, 3.63) is 53.5 Å². The number of H-pyrrole nitrogens is 1. The van der Waals surface area contributed by atoms with E-state index in [9.17, 15) is 9.59 Å². The number of likely N-dealkylation sites (tertiary alicyclic amines) is 1. The number of aromatic nitrogens is 3. The van der Waals surface area contributed by atoms with Crippen molar-refractivity contribution in [1.29, 1.82) is 0 Å². The van der Waals surface area contributed by atoms with Crippen LogP contribution in [-0.2, 0) is 16.0 Å². The number of allylic oxidation sites excluding steroid dienone is 1. The normalized spacial score (nSPS) is 22.7. The maximum Gasteiger partial charge on any atom is 0.246 e. The smallest absolute Gasteiger partial charge is 0.246 e. The largest absolute Gasteiger partial charge is 0.338 e. The molecule has 2 N–H and O–H groups in total. The summed E-state index contributed by atoms with van der Waals surface area (Å²) in [6, 6.07) is 1.99. The Kier molecular flexibility index (Phi) is 5.05. The van der Waals surface area contributed by atoms with Crippen LogP contribution in [0.15, 0.2) is 36.8 Å². The molecule has 2 aliphatic heterocycles. The lowest BCUT2D eigenvalue weighted by molar-refractivity contribution is -0.125. The van der Waals surface area contributed by atoms with Crippen LogP contribution in [0.5, 0.6) is 0 Å². The number of anilines is 1. The molecule has 0 spiro atoms. The Balaban J connectivity index is 0.00000205. The summed E-state index contributed by atoms with van der Waals surface area (Å²) >= 11 is 0. The van der Waals surface area contributed by atoms with Crippen molar-refractivity contribution in [3.63, 3.8) is 0 Å². The summed E-state index contributed by atoms with van der Waals surface area (Å²) in [6.07, 6.45) is 13.4. The zero-order chi connectivity index (χ0) is 19.1. The first-order chi connectivity index (χ1) is 13.7. The molecular weight excluding hydrogens is 366 g/mol. The number of pyridine rings is 1. The van der Waals surface area contributed by atoms with E-state index >= 15 is 0 Å². The quantitative estimate of drug-likeness (QED) is 0.787. The van der Waals surface area contributed by atoms with Crippen LogP contribution in [0.1, 0.15) is 37.0 Å². The summed E-state index contributed by atoms with van der Waals surface area (Å²) in [5.41, 5.74) is 4.38. The summed E-state index contributed by atoms with van der Waals surface area (Å²) in [6.45, 7) is 1.56. The van der Waals surface area contributed by atoms with E-state index in [2.05, 4.69) is 26.6 Å². The van der Waals surface area contributed by atoms with Crippen molar-refractivity contribution >= 4 is 29.3 Å². The van der Waals surface area contributed by atoms with Crippen molar-refractivity contribution in [2.45, 2.75) is 26.7 Å². The van der Waals surface area contributed by atoms with Gasteiger partial charge in [0.1, 0.15) is 5.82 Å². The summed E-state index contributed by atoms with van der Waals surface area (Å²) < 4.78 is 0. The molecule has 2 amide bonds. The van der Waals surface area contributed by atoms with Gasteiger partial charge in [-0.25, -0.2) is 4.98 Å². The van der Waals surface area contributed by atoms with Crippen molar-refractivity contribution in [2.24, 2.45) is 11.8 Å². The van der Waals surface area contributed by atoms with Crippen molar-refractivity contribution in [1.82, 2.24) is 20.1 Å². The highest BCUT2D eigenvalue weighted by molar-refractivity contribution is 5.94. The predicted octanol–water partition coefficient (Wildman–Crippen LogP) is 2.90. The molecule has 0 bridgehead atoms. The number of fused-ring (bicyclic) bond motifs is 2. The van der Waals surface area contributed by atoms with E-state index in [1.165, 1.54) is 5.57 Å². The number of aryl methyl sites for hydroxylation is 1. The van der Waals surface area contributed by atoms with E-state index in [0.29, 0.717) is 30.5 Å². The van der Waals surface area contributed by atoms with Crippen LogP contribution in [0.2, 0.25) is 0 Å². The Labute approximate surface area is 169 Å². The number of nitrogens with one attached hydrogen (secondary N) is 2.